The van der Waals surface area contributed by atoms with Crippen molar-refractivity contribution in [2.24, 2.45) is 7.05 Å². The fourth-order valence-electron chi connectivity index (χ4n) is 2.27. The monoisotopic (exact) mass is 268 g/mol. The SMILES string of the molecule is Cc1ccc2ncn(Cc3cc(C)n(C)n3)c(=O)c2c1. The molecule has 0 aliphatic rings. The molecular weight excluding hydrogens is 252 g/mol. The first-order chi connectivity index (χ1) is 9.54. The summed E-state index contributed by atoms with van der Waals surface area (Å²) in [5.74, 6) is 0. The Balaban J connectivity index is 2.08. The maximum Gasteiger partial charge on any atom is 0.261 e. The van der Waals surface area contributed by atoms with Crippen LogP contribution in [0, 0.1) is 13.8 Å². The normalized spacial score (nSPS) is 11.2. The molecule has 5 nitrogen and oxygen atoms in total. The molecule has 0 atom stereocenters. The van der Waals surface area contributed by atoms with Crippen molar-refractivity contribution in [3.05, 3.63) is 57.9 Å². The van der Waals surface area contributed by atoms with Gasteiger partial charge in [-0.25, -0.2) is 4.98 Å². The van der Waals surface area contributed by atoms with Gasteiger partial charge in [0.1, 0.15) is 0 Å². The first-order valence-corrected chi connectivity index (χ1v) is 6.50. The Bertz CT molecular complexity index is 825. The average Bonchev–Trinajstić information content (AvgIpc) is 2.72. The van der Waals surface area contributed by atoms with E-state index in [-0.39, 0.29) is 5.56 Å². The van der Waals surface area contributed by atoms with Gasteiger partial charge >= 0.3 is 0 Å². The molecule has 0 radical (unpaired) electrons. The number of rotatable bonds is 2. The van der Waals surface area contributed by atoms with E-state index < -0.39 is 0 Å². The molecule has 3 rings (SSSR count). The smallest absolute Gasteiger partial charge is 0.261 e. The number of benzene rings is 1. The topological polar surface area (TPSA) is 52.7 Å². The molecule has 5 heteroatoms. The molecule has 0 fully saturated rings. The fraction of sp³-hybridized carbons (Fsp3) is 0.267. The molecule has 102 valence electrons. The molecule has 2 heterocycles. The maximum atomic E-state index is 12.5. The maximum absolute atomic E-state index is 12.5. The molecule has 0 amide bonds. The molecular formula is C15H16N4O. The van der Waals surface area contributed by atoms with Crippen LogP contribution in [-0.4, -0.2) is 19.3 Å². The van der Waals surface area contributed by atoms with Gasteiger partial charge in [-0.2, -0.15) is 5.10 Å². The minimum atomic E-state index is -0.0259. The molecule has 2 aromatic heterocycles. The van der Waals surface area contributed by atoms with Gasteiger partial charge in [0, 0.05) is 12.7 Å². The summed E-state index contributed by atoms with van der Waals surface area (Å²) < 4.78 is 3.41. The van der Waals surface area contributed by atoms with Crippen LogP contribution in [0.5, 0.6) is 0 Å². The third-order valence-corrected chi connectivity index (χ3v) is 3.48. The van der Waals surface area contributed by atoms with Gasteiger partial charge in [-0.15, -0.1) is 0 Å². The van der Waals surface area contributed by atoms with Gasteiger partial charge in [-0.05, 0) is 32.0 Å². The number of aromatic nitrogens is 4. The zero-order valence-electron chi connectivity index (χ0n) is 11.8. The number of aryl methyl sites for hydroxylation is 3. The van der Waals surface area contributed by atoms with Crippen molar-refractivity contribution in [2.45, 2.75) is 20.4 Å². The number of fused-ring (bicyclic) bond motifs is 1. The number of nitrogens with zero attached hydrogens (tertiary/aromatic N) is 4. The lowest BCUT2D eigenvalue weighted by Crippen LogP contribution is -2.21. The average molecular weight is 268 g/mol. The van der Waals surface area contributed by atoms with Gasteiger partial charge in [0.15, 0.2) is 0 Å². The largest absolute Gasteiger partial charge is 0.293 e. The molecule has 0 saturated heterocycles. The third kappa shape index (κ3) is 2.11. The van der Waals surface area contributed by atoms with E-state index in [4.69, 9.17) is 0 Å². The van der Waals surface area contributed by atoms with Crippen LogP contribution in [0.3, 0.4) is 0 Å². The van der Waals surface area contributed by atoms with Crippen LogP contribution >= 0.6 is 0 Å². The van der Waals surface area contributed by atoms with Gasteiger partial charge in [0.2, 0.25) is 0 Å². The van der Waals surface area contributed by atoms with Crippen LogP contribution in [0.25, 0.3) is 10.9 Å². The lowest BCUT2D eigenvalue weighted by atomic mass is 10.2. The predicted molar refractivity (Wildman–Crippen MR) is 77.8 cm³/mol. The minimum Gasteiger partial charge on any atom is -0.293 e. The number of hydrogen-bond donors (Lipinski definition) is 0. The molecule has 3 aromatic rings. The summed E-state index contributed by atoms with van der Waals surface area (Å²) >= 11 is 0. The van der Waals surface area contributed by atoms with Crippen molar-refractivity contribution >= 4 is 10.9 Å². The lowest BCUT2D eigenvalue weighted by Gasteiger charge is -2.05. The van der Waals surface area contributed by atoms with E-state index in [2.05, 4.69) is 10.1 Å². The second kappa shape index (κ2) is 4.59. The van der Waals surface area contributed by atoms with E-state index in [1.807, 2.05) is 45.2 Å². The Morgan fingerprint density at radius 2 is 2.00 bits per heavy atom. The minimum absolute atomic E-state index is 0.0259. The van der Waals surface area contributed by atoms with Crippen molar-refractivity contribution in [1.29, 1.82) is 0 Å². The van der Waals surface area contributed by atoms with Crippen LogP contribution < -0.4 is 5.56 Å². The molecule has 0 aliphatic carbocycles. The van der Waals surface area contributed by atoms with Gasteiger partial charge < -0.3 is 0 Å². The van der Waals surface area contributed by atoms with Crippen LogP contribution in [0.2, 0.25) is 0 Å². The van der Waals surface area contributed by atoms with E-state index in [1.54, 1.807) is 15.6 Å². The number of hydrogen-bond acceptors (Lipinski definition) is 3. The second-order valence-electron chi connectivity index (χ2n) is 5.10. The molecule has 0 aliphatic heterocycles. The standard InChI is InChI=1S/C15H16N4O/c1-10-4-5-14-13(6-10)15(20)19(9-16-14)8-12-7-11(2)18(3)17-12/h4-7,9H,8H2,1-3H3. The van der Waals surface area contributed by atoms with Gasteiger partial charge in [0.25, 0.3) is 5.56 Å². The molecule has 20 heavy (non-hydrogen) atoms. The Hall–Kier alpha value is -2.43. The van der Waals surface area contributed by atoms with Gasteiger partial charge in [-0.3, -0.25) is 14.0 Å². The van der Waals surface area contributed by atoms with Gasteiger partial charge in [0.05, 0.1) is 29.5 Å². The predicted octanol–water partition coefficient (Wildman–Crippen LogP) is 1.80. The fourth-order valence-corrected chi connectivity index (χ4v) is 2.27. The molecule has 0 N–H and O–H groups in total. The van der Waals surface area contributed by atoms with E-state index in [0.29, 0.717) is 11.9 Å². The lowest BCUT2D eigenvalue weighted by molar-refractivity contribution is 0.679. The zero-order valence-corrected chi connectivity index (χ0v) is 11.8. The Morgan fingerprint density at radius 3 is 2.70 bits per heavy atom. The van der Waals surface area contributed by atoms with Gasteiger partial charge in [-0.1, -0.05) is 11.6 Å². The van der Waals surface area contributed by atoms with Crippen LogP contribution in [0.15, 0.2) is 35.4 Å². The third-order valence-electron chi connectivity index (χ3n) is 3.48. The summed E-state index contributed by atoms with van der Waals surface area (Å²) in [5.41, 5.74) is 3.69. The zero-order chi connectivity index (χ0) is 14.3. The first-order valence-electron chi connectivity index (χ1n) is 6.50. The van der Waals surface area contributed by atoms with Crippen LogP contribution in [-0.2, 0) is 13.6 Å². The highest BCUT2D eigenvalue weighted by Crippen LogP contribution is 2.09. The molecule has 0 saturated carbocycles. The summed E-state index contributed by atoms with van der Waals surface area (Å²) in [6, 6.07) is 7.69. The Labute approximate surface area is 116 Å². The second-order valence-corrected chi connectivity index (χ2v) is 5.10. The summed E-state index contributed by atoms with van der Waals surface area (Å²) in [4.78, 5) is 16.8. The summed E-state index contributed by atoms with van der Waals surface area (Å²) in [6.07, 6.45) is 1.59. The van der Waals surface area contributed by atoms with Crippen molar-refractivity contribution in [3.63, 3.8) is 0 Å². The van der Waals surface area contributed by atoms with Crippen molar-refractivity contribution in [1.82, 2.24) is 19.3 Å². The molecule has 0 spiro atoms. The van der Waals surface area contributed by atoms with Crippen molar-refractivity contribution in [3.8, 4) is 0 Å². The quantitative estimate of drug-likeness (QED) is 0.712. The summed E-state index contributed by atoms with van der Waals surface area (Å²) in [7, 11) is 1.89. The van der Waals surface area contributed by atoms with E-state index in [0.717, 1.165) is 22.5 Å². The summed E-state index contributed by atoms with van der Waals surface area (Å²) in [6.45, 7) is 4.40. The molecule has 1 aromatic carbocycles. The van der Waals surface area contributed by atoms with E-state index in [9.17, 15) is 4.79 Å². The highest BCUT2D eigenvalue weighted by atomic mass is 16.1. The van der Waals surface area contributed by atoms with Crippen LogP contribution in [0.1, 0.15) is 17.0 Å². The molecule has 0 unspecified atom stereocenters. The van der Waals surface area contributed by atoms with Crippen molar-refractivity contribution in [2.75, 3.05) is 0 Å². The first kappa shape index (κ1) is 12.6. The van der Waals surface area contributed by atoms with Crippen molar-refractivity contribution < 1.29 is 0 Å². The Kier molecular flexibility index (Phi) is 2.89. The summed E-state index contributed by atoms with van der Waals surface area (Å²) in [5, 5.41) is 5.03. The van der Waals surface area contributed by atoms with E-state index >= 15 is 0 Å². The molecule has 0 bridgehead atoms. The highest BCUT2D eigenvalue weighted by molar-refractivity contribution is 5.77. The van der Waals surface area contributed by atoms with Crippen LogP contribution in [0.4, 0.5) is 0 Å². The highest BCUT2D eigenvalue weighted by Gasteiger charge is 2.07. The van der Waals surface area contributed by atoms with E-state index in [1.165, 1.54) is 0 Å². The Morgan fingerprint density at radius 1 is 1.20 bits per heavy atom.